The second kappa shape index (κ2) is 5.43. The molecule has 7 heavy (non-hydrogen) atoms. The molecule has 0 atom stereocenters. The summed E-state index contributed by atoms with van der Waals surface area (Å²) in [6, 6.07) is 0. The zero-order chi connectivity index (χ0) is 4.24. The van der Waals surface area contributed by atoms with Gasteiger partial charge in [-0.05, 0) is 17.9 Å². The topological polar surface area (TPSA) is 0 Å². The van der Waals surface area contributed by atoms with Gasteiger partial charge >= 0.3 is 18.9 Å². The van der Waals surface area contributed by atoms with E-state index in [0.29, 0.717) is 0 Å². The maximum Gasteiger partial charge on any atom is 1.00 e. The van der Waals surface area contributed by atoms with Crippen molar-refractivity contribution in [2.24, 2.45) is 0 Å². The first kappa shape index (κ1) is 8.30. The van der Waals surface area contributed by atoms with Crippen molar-refractivity contribution in [3.8, 4) is 0 Å². The van der Waals surface area contributed by atoms with Gasteiger partial charge in [0.2, 0.25) is 0 Å². The van der Waals surface area contributed by atoms with Gasteiger partial charge in [-0.1, -0.05) is 0 Å². The van der Waals surface area contributed by atoms with Gasteiger partial charge in [-0.15, -0.1) is 0 Å². The Labute approximate surface area is 66.9 Å². The standard InChI is InChI=1S/C4H8S2.Li.H/c1-2-5-4-6-3-1;;/h1-4H2;;/q;+1;-1. The first-order valence-electron chi connectivity index (χ1n) is 2.15. The summed E-state index contributed by atoms with van der Waals surface area (Å²) in [4.78, 5) is 0. The largest absolute Gasteiger partial charge is 1.00 e. The molecule has 3 heteroatoms. The molecular formula is C4H9LiS2. The molecule has 1 rings (SSSR count). The molecular weight excluding hydrogens is 119 g/mol. The van der Waals surface area contributed by atoms with Crippen LogP contribution >= 0.6 is 23.5 Å². The van der Waals surface area contributed by atoms with Crippen molar-refractivity contribution >= 4 is 23.5 Å². The van der Waals surface area contributed by atoms with Crippen molar-refractivity contribution in [3.63, 3.8) is 0 Å². The molecule has 0 N–H and O–H groups in total. The van der Waals surface area contributed by atoms with E-state index in [1.54, 1.807) is 0 Å². The van der Waals surface area contributed by atoms with Crippen molar-refractivity contribution < 1.29 is 20.3 Å². The van der Waals surface area contributed by atoms with Crippen LogP contribution in [0, 0.1) is 0 Å². The summed E-state index contributed by atoms with van der Waals surface area (Å²) in [5, 5.41) is 1.33. The maximum atomic E-state index is 2.06. The summed E-state index contributed by atoms with van der Waals surface area (Å²) in [5.41, 5.74) is 0. The molecule has 1 heterocycles. The summed E-state index contributed by atoms with van der Waals surface area (Å²) in [7, 11) is 0. The van der Waals surface area contributed by atoms with E-state index in [1.807, 2.05) is 0 Å². The average molecular weight is 128 g/mol. The fraction of sp³-hybridized carbons (Fsp3) is 1.00. The van der Waals surface area contributed by atoms with E-state index < -0.39 is 0 Å². The third-order valence-corrected chi connectivity index (χ3v) is 3.23. The second-order valence-electron chi connectivity index (χ2n) is 1.29. The molecule has 1 aliphatic rings. The SMILES string of the molecule is C1CSCSC1.[H-].[Li+]. The third kappa shape index (κ3) is 3.85. The molecule has 0 radical (unpaired) electrons. The number of hydrogen-bond donors (Lipinski definition) is 0. The van der Waals surface area contributed by atoms with Crippen LogP contribution in [0.15, 0.2) is 0 Å². The van der Waals surface area contributed by atoms with Crippen molar-refractivity contribution in [1.29, 1.82) is 0 Å². The van der Waals surface area contributed by atoms with Gasteiger partial charge in [-0.3, -0.25) is 0 Å². The van der Waals surface area contributed by atoms with E-state index in [-0.39, 0.29) is 20.3 Å². The van der Waals surface area contributed by atoms with Crippen LogP contribution in [-0.2, 0) is 0 Å². The van der Waals surface area contributed by atoms with Gasteiger partial charge < -0.3 is 1.43 Å². The Morgan fingerprint density at radius 3 is 1.86 bits per heavy atom. The summed E-state index contributed by atoms with van der Waals surface area (Å²) in [5.74, 6) is 2.79. The van der Waals surface area contributed by atoms with Gasteiger partial charge in [0.05, 0.1) is 0 Å². The minimum atomic E-state index is 0. The van der Waals surface area contributed by atoms with Crippen LogP contribution in [-0.4, -0.2) is 16.6 Å². The molecule has 0 aromatic heterocycles. The van der Waals surface area contributed by atoms with E-state index in [4.69, 9.17) is 0 Å². The van der Waals surface area contributed by atoms with Crippen molar-refractivity contribution in [2.75, 3.05) is 16.6 Å². The Bertz CT molecular complexity index is 29.5. The predicted molar refractivity (Wildman–Crippen MR) is 35.5 cm³/mol. The Kier molecular flexibility index (Phi) is 6.44. The third-order valence-electron chi connectivity index (χ3n) is 0.744. The molecule has 38 valence electrons. The molecule has 0 bridgehead atoms. The van der Waals surface area contributed by atoms with Crippen LogP contribution in [0.4, 0.5) is 0 Å². The number of hydrogen-bond acceptors (Lipinski definition) is 2. The molecule has 0 aliphatic carbocycles. The molecule has 1 fully saturated rings. The van der Waals surface area contributed by atoms with Crippen LogP contribution in [0.5, 0.6) is 0 Å². The monoisotopic (exact) mass is 128 g/mol. The molecule has 1 saturated heterocycles. The van der Waals surface area contributed by atoms with E-state index in [0.717, 1.165) is 0 Å². The maximum absolute atomic E-state index is 2.06. The predicted octanol–water partition coefficient (Wildman–Crippen LogP) is -1.07. The average Bonchev–Trinajstić information content (AvgIpc) is 1.72. The number of thioether (sulfide) groups is 2. The van der Waals surface area contributed by atoms with Crippen LogP contribution in [0.1, 0.15) is 7.85 Å². The van der Waals surface area contributed by atoms with E-state index in [2.05, 4.69) is 23.5 Å². The van der Waals surface area contributed by atoms with Gasteiger partial charge in [0.1, 0.15) is 0 Å². The van der Waals surface area contributed by atoms with Crippen LogP contribution in [0.2, 0.25) is 0 Å². The molecule has 0 unspecified atom stereocenters. The normalized spacial score (nSPS) is 20.6. The van der Waals surface area contributed by atoms with Gasteiger partial charge in [0.15, 0.2) is 0 Å². The smallest absolute Gasteiger partial charge is 1.00 e. The zero-order valence-electron chi connectivity index (χ0n) is 5.64. The molecule has 0 saturated carbocycles. The van der Waals surface area contributed by atoms with E-state index in [9.17, 15) is 0 Å². The van der Waals surface area contributed by atoms with Crippen LogP contribution < -0.4 is 18.9 Å². The minimum absolute atomic E-state index is 0. The van der Waals surface area contributed by atoms with Crippen molar-refractivity contribution in [2.45, 2.75) is 6.42 Å². The molecule has 0 aromatic carbocycles. The fourth-order valence-electron chi connectivity index (χ4n) is 0.440. The van der Waals surface area contributed by atoms with Gasteiger partial charge in [-0.25, -0.2) is 0 Å². The Hall–Kier alpha value is 1.30. The molecule has 0 amide bonds. The first-order chi connectivity index (χ1) is 3.00. The molecule has 0 aromatic rings. The summed E-state index contributed by atoms with van der Waals surface area (Å²) in [6.45, 7) is 0. The Balaban J connectivity index is 0. The van der Waals surface area contributed by atoms with Gasteiger partial charge in [-0.2, -0.15) is 23.5 Å². The quantitative estimate of drug-likeness (QED) is 0.381. The van der Waals surface area contributed by atoms with Gasteiger partial charge in [0.25, 0.3) is 0 Å². The minimum Gasteiger partial charge on any atom is -1.00 e. The fourth-order valence-corrected chi connectivity index (χ4v) is 2.73. The number of rotatable bonds is 0. The Morgan fingerprint density at radius 2 is 1.71 bits per heavy atom. The first-order valence-corrected chi connectivity index (χ1v) is 4.46. The molecule has 0 nitrogen and oxygen atoms in total. The van der Waals surface area contributed by atoms with Crippen molar-refractivity contribution in [1.82, 2.24) is 0 Å². The molecule has 1 aliphatic heterocycles. The zero-order valence-corrected chi connectivity index (χ0v) is 6.28. The second-order valence-corrected chi connectivity index (χ2v) is 3.86. The summed E-state index contributed by atoms with van der Waals surface area (Å²) >= 11 is 4.12. The van der Waals surface area contributed by atoms with E-state index >= 15 is 0 Å². The Morgan fingerprint density at radius 1 is 1.14 bits per heavy atom. The van der Waals surface area contributed by atoms with E-state index in [1.165, 1.54) is 23.0 Å². The van der Waals surface area contributed by atoms with Crippen LogP contribution in [0.25, 0.3) is 0 Å². The van der Waals surface area contributed by atoms with Crippen LogP contribution in [0.3, 0.4) is 0 Å². The summed E-state index contributed by atoms with van der Waals surface area (Å²) < 4.78 is 0. The van der Waals surface area contributed by atoms with Gasteiger partial charge in [0, 0.05) is 5.08 Å². The summed E-state index contributed by atoms with van der Waals surface area (Å²) in [6.07, 6.45) is 1.43. The molecule has 0 spiro atoms. The van der Waals surface area contributed by atoms with Crippen molar-refractivity contribution in [3.05, 3.63) is 0 Å².